The smallest absolute Gasteiger partial charge is 0.281 e. The van der Waals surface area contributed by atoms with Crippen molar-refractivity contribution in [1.82, 2.24) is 18.7 Å². The van der Waals surface area contributed by atoms with Gasteiger partial charge >= 0.3 is 0 Å². The SMILES string of the molecule is C[C@@H]1CN(c2c(C#N)c(=O)n(C)c3ccccc23)[C@@H](C)CN1Cc1cn(S(=O)(=O)c2ccc(F)cc2)[nH]1. The normalized spacial score (nSPS) is 18.8. The van der Waals surface area contributed by atoms with Gasteiger partial charge in [0.05, 0.1) is 28.0 Å². The molecule has 0 saturated carbocycles. The number of benzene rings is 2. The van der Waals surface area contributed by atoms with Crippen LogP contribution in [0.5, 0.6) is 0 Å². The lowest BCUT2D eigenvalue weighted by atomic mass is 10.0. The molecule has 2 aromatic heterocycles. The first-order valence-corrected chi connectivity index (χ1v) is 13.4. The number of hydrogen-bond donors (Lipinski definition) is 1. The molecule has 1 saturated heterocycles. The second-order valence-corrected chi connectivity index (χ2v) is 11.3. The van der Waals surface area contributed by atoms with Crippen LogP contribution in [0.25, 0.3) is 10.9 Å². The van der Waals surface area contributed by atoms with E-state index in [0.717, 1.165) is 32.8 Å². The zero-order valence-corrected chi connectivity index (χ0v) is 21.5. The van der Waals surface area contributed by atoms with Crippen LogP contribution in [-0.2, 0) is 23.6 Å². The van der Waals surface area contributed by atoms with Gasteiger partial charge in [-0.15, -0.1) is 0 Å². The first-order valence-electron chi connectivity index (χ1n) is 11.9. The van der Waals surface area contributed by atoms with E-state index in [1.807, 2.05) is 24.3 Å². The number of nitriles is 1. The maximum absolute atomic E-state index is 13.2. The maximum Gasteiger partial charge on any atom is 0.281 e. The molecular formula is C26H27FN6O3S. The molecule has 0 unspecified atom stereocenters. The number of aryl methyl sites for hydroxylation is 1. The molecule has 2 atom stereocenters. The fraction of sp³-hybridized carbons (Fsp3) is 0.308. The van der Waals surface area contributed by atoms with Gasteiger partial charge in [-0.25, -0.2) is 4.39 Å². The van der Waals surface area contributed by atoms with Crippen molar-refractivity contribution in [3.8, 4) is 6.07 Å². The maximum atomic E-state index is 13.2. The molecule has 1 aliphatic heterocycles. The van der Waals surface area contributed by atoms with Crippen molar-refractivity contribution < 1.29 is 12.8 Å². The molecule has 0 spiro atoms. The van der Waals surface area contributed by atoms with E-state index in [-0.39, 0.29) is 28.1 Å². The molecule has 3 heterocycles. The quantitative estimate of drug-likeness (QED) is 0.432. The molecule has 37 heavy (non-hydrogen) atoms. The number of anilines is 1. The van der Waals surface area contributed by atoms with E-state index in [9.17, 15) is 22.9 Å². The van der Waals surface area contributed by atoms with E-state index in [4.69, 9.17) is 0 Å². The molecule has 11 heteroatoms. The van der Waals surface area contributed by atoms with Crippen molar-refractivity contribution in [2.24, 2.45) is 7.05 Å². The highest BCUT2D eigenvalue weighted by Gasteiger charge is 2.33. The van der Waals surface area contributed by atoms with E-state index in [2.05, 4.69) is 34.8 Å². The van der Waals surface area contributed by atoms with Crippen molar-refractivity contribution in [1.29, 1.82) is 5.26 Å². The minimum absolute atomic E-state index is 0.00135. The third-order valence-electron chi connectivity index (χ3n) is 7.06. The van der Waals surface area contributed by atoms with Crippen molar-refractivity contribution in [3.05, 3.63) is 82.2 Å². The number of para-hydroxylation sites is 1. The Kier molecular flexibility index (Phi) is 6.17. The van der Waals surface area contributed by atoms with Gasteiger partial charge in [0.15, 0.2) is 0 Å². The topological polar surface area (TPSA) is 107 Å². The summed E-state index contributed by atoms with van der Waals surface area (Å²) in [5.74, 6) is -0.500. The van der Waals surface area contributed by atoms with Gasteiger partial charge < -0.3 is 9.47 Å². The standard InChI is InChI=1S/C26H27FN6O3S/c1-17-14-32(25-22-6-4-5-7-24(22)30(3)26(34)23(25)12-28)18(2)13-31(17)15-20-16-33(29-20)37(35,36)21-10-8-19(27)9-11-21/h4-11,16-18,29H,13-15H2,1-3H3/t17-,18+/m1/s1. The minimum Gasteiger partial charge on any atom is -0.364 e. The fourth-order valence-corrected chi connectivity index (χ4v) is 6.24. The summed E-state index contributed by atoms with van der Waals surface area (Å²) in [7, 11) is -2.13. The van der Waals surface area contributed by atoms with Crippen LogP contribution in [0.3, 0.4) is 0 Å². The Morgan fingerprint density at radius 3 is 2.43 bits per heavy atom. The van der Waals surface area contributed by atoms with Crippen LogP contribution >= 0.6 is 0 Å². The van der Waals surface area contributed by atoms with Crippen LogP contribution < -0.4 is 10.5 Å². The van der Waals surface area contributed by atoms with Crippen LogP contribution in [0, 0.1) is 17.1 Å². The number of nitrogens with zero attached hydrogens (tertiary/aromatic N) is 5. The van der Waals surface area contributed by atoms with Gasteiger partial charge in [-0.05, 0) is 44.2 Å². The van der Waals surface area contributed by atoms with Crippen molar-refractivity contribution in [3.63, 3.8) is 0 Å². The fourth-order valence-electron chi connectivity index (χ4n) is 5.03. The Morgan fingerprint density at radius 1 is 1.08 bits per heavy atom. The molecule has 2 aromatic carbocycles. The Bertz CT molecular complexity index is 1670. The van der Waals surface area contributed by atoms with E-state index in [0.29, 0.717) is 25.3 Å². The summed E-state index contributed by atoms with van der Waals surface area (Å²) in [6.45, 7) is 5.88. The number of piperazine rings is 1. The molecule has 0 radical (unpaired) electrons. The van der Waals surface area contributed by atoms with Gasteiger partial charge in [-0.2, -0.15) is 17.8 Å². The monoisotopic (exact) mass is 522 g/mol. The molecule has 1 aliphatic rings. The van der Waals surface area contributed by atoms with Crippen LogP contribution in [0.2, 0.25) is 0 Å². The zero-order valence-electron chi connectivity index (χ0n) is 20.7. The van der Waals surface area contributed by atoms with Gasteiger partial charge in [0.2, 0.25) is 0 Å². The first kappa shape index (κ1) is 24.8. The highest BCUT2D eigenvalue weighted by molar-refractivity contribution is 7.89. The van der Waals surface area contributed by atoms with Gasteiger partial charge in [0.25, 0.3) is 15.6 Å². The number of nitrogens with one attached hydrogen (secondary N) is 1. The number of pyridine rings is 1. The molecule has 9 nitrogen and oxygen atoms in total. The van der Waals surface area contributed by atoms with Gasteiger partial charge in [-0.3, -0.25) is 14.8 Å². The van der Waals surface area contributed by atoms with Gasteiger partial charge in [0.1, 0.15) is 17.4 Å². The van der Waals surface area contributed by atoms with Crippen molar-refractivity contribution >= 4 is 26.6 Å². The van der Waals surface area contributed by atoms with Gasteiger partial charge in [0, 0.05) is 44.2 Å². The second-order valence-electron chi connectivity index (χ2n) is 9.52. The van der Waals surface area contributed by atoms with E-state index in [1.54, 1.807) is 7.05 Å². The third kappa shape index (κ3) is 4.22. The number of H-pyrrole nitrogens is 1. The molecule has 1 N–H and O–H groups in total. The summed E-state index contributed by atoms with van der Waals surface area (Å²) in [5.41, 5.74) is 2.01. The van der Waals surface area contributed by atoms with Crippen molar-refractivity contribution in [2.45, 2.75) is 37.4 Å². The molecule has 0 amide bonds. The number of hydrogen-bond acceptors (Lipinski definition) is 6. The van der Waals surface area contributed by atoms with Crippen LogP contribution in [0.1, 0.15) is 25.1 Å². The summed E-state index contributed by atoms with van der Waals surface area (Å²) in [5, 5.41) is 13.6. The molecule has 0 aliphatic carbocycles. The third-order valence-corrected chi connectivity index (χ3v) is 8.64. The summed E-state index contributed by atoms with van der Waals surface area (Å²) >= 11 is 0. The van der Waals surface area contributed by atoms with E-state index < -0.39 is 15.8 Å². The number of rotatable bonds is 5. The van der Waals surface area contributed by atoms with E-state index in [1.165, 1.54) is 22.9 Å². The average molecular weight is 523 g/mol. The molecule has 4 aromatic rings. The highest BCUT2D eigenvalue weighted by Crippen LogP contribution is 2.32. The number of fused-ring (bicyclic) bond motifs is 1. The molecule has 5 rings (SSSR count). The number of halogens is 1. The summed E-state index contributed by atoms with van der Waals surface area (Å²) in [6.07, 6.45) is 1.53. The van der Waals surface area contributed by atoms with Crippen molar-refractivity contribution in [2.75, 3.05) is 18.0 Å². The molecular weight excluding hydrogens is 495 g/mol. The molecule has 0 bridgehead atoms. The predicted molar refractivity (Wildman–Crippen MR) is 138 cm³/mol. The lowest BCUT2D eigenvalue weighted by molar-refractivity contribution is 0.154. The second kappa shape index (κ2) is 9.21. The molecule has 192 valence electrons. The number of aromatic nitrogens is 3. The Hall–Kier alpha value is -3.88. The lowest BCUT2D eigenvalue weighted by Gasteiger charge is -2.46. The van der Waals surface area contributed by atoms with Crippen LogP contribution in [0.4, 0.5) is 10.1 Å². The zero-order chi connectivity index (χ0) is 26.5. The first-order chi connectivity index (χ1) is 17.6. The predicted octanol–water partition coefficient (Wildman–Crippen LogP) is 3.02. The summed E-state index contributed by atoms with van der Waals surface area (Å²) in [6, 6.07) is 14.5. The average Bonchev–Trinajstić information content (AvgIpc) is 2.85. The van der Waals surface area contributed by atoms with E-state index >= 15 is 0 Å². The lowest BCUT2D eigenvalue weighted by Crippen LogP contribution is -2.56. The molecule has 1 fully saturated rings. The highest BCUT2D eigenvalue weighted by atomic mass is 32.2. The Labute approximate surface area is 214 Å². The largest absolute Gasteiger partial charge is 0.364 e. The summed E-state index contributed by atoms with van der Waals surface area (Å²) < 4.78 is 41.2. The van der Waals surface area contributed by atoms with Crippen LogP contribution in [0.15, 0.2) is 64.4 Å². The number of aromatic amines is 1. The minimum atomic E-state index is -3.81. The van der Waals surface area contributed by atoms with Crippen LogP contribution in [-0.4, -0.2) is 52.2 Å². The Balaban J connectivity index is 1.37. The summed E-state index contributed by atoms with van der Waals surface area (Å²) in [4.78, 5) is 17.3. The van der Waals surface area contributed by atoms with Gasteiger partial charge in [-0.1, -0.05) is 18.2 Å². The Morgan fingerprint density at radius 2 is 1.76 bits per heavy atom.